The molecule has 4 aliphatic rings. The van der Waals surface area contributed by atoms with Crippen molar-refractivity contribution < 1.29 is 28.5 Å². The number of allylic oxidation sites excluding steroid dienone is 3. The van der Waals surface area contributed by atoms with Crippen molar-refractivity contribution in [3.63, 3.8) is 0 Å². The maximum atomic E-state index is 13.9. The van der Waals surface area contributed by atoms with Gasteiger partial charge in [0.1, 0.15) is 18.0 Å². The topological polar surface area (TPSA) is 71.1 Å². The van der Waals surface area contributed by atoms with Crippen molar-refractivity contribution in [1.82, 2.24) is 0 Å². The molecule has 1 heterocycles. The monoisotopic (exact) mass is 404 g/mol. The van der Waals surface area contributed by atoms with Crippen LogP contribution >= 0.6 is 0 Å². The van der Waals surface area contributed by atoms with Gasteiger partial charge in [-0.1, -0.05) is 20.8 Å². The van der Waals surface area contributed by atoms with Gasteiger partial charge in [-0.25, -0.2) is 0 Å². The lowest BCUT2D eigenvalue weighted by molar-refractivity contribution is -0.235. The molecule has 8 atom stereocenters. The van der Waals surface area contributed by atoms with E-state index in [4.69, 9.17) is 18.9 Å². The van der Waals surface area contributed by atoms with Crippen molar-refractivity contribution >= 4 is 11.8 Å². The third kappa shape index (κ3) is 2.38. The van der Waals surface area contributed by atoms with Crippen molar-refractivity contribution in [1.29, 1.82) is 0 Å². The van der Waals surface area contributed by atoms with Crippen molar-refractivity contribution in [3.05, 3.63) is 23.2 Å². The van der Waals surface area contributed by atoms with Crippen LogP contribution in [0.4, 0.5) is 0 Å². The van der Waals surface area contributed by atoms with Gasteiger partial charge in [0.15, 0.2) is 5.76 Å². The van der Waals surface area contributed by atoms with Gasteiger partial charge in [0.05, 0.1) is 20.6 Å². The number of ketones is 1. The SMILES string of the molecule is COC1=C[C@@H](C)[C@@H]2C[C@H]3OC(=O)C[C@H]4C(C)=C(OC)C(=O)[C@@H]([C@@]34C)[C@@]2(C)[C@H]1OC. The second kappa shape index (κ2) is 6.59. The number of carbonyl (C=O) groups is 2. The van der Waals surface area contributed by atoms with Gasteiger partial charge in [0.2, 0.25) is 5.78 Å². The average Bonchev–Trinajstić information content (AvgIpc) is 2.66. The minimum Gasteiger partial charge on any atom is -0.499 e. The Hall–Kier alpha value is -1.82. The summed E-state index contributed by atoms with van der Waals surface area (Å²) in [5.41, 5.74) is -0.154. The van der Waals surface area contributed by atoms with Gasteiger partial charge in [-0.05, 0) is 36.8 Å². The zero-order chi connectivity index (χ0) is 21.3. The number of carbonyl (C=O) groups excluding carboxylic acids is 2. The van der Waals surface area contributed by atoms with E-state index in [9.17, 15) is 9.59 Å². The Morgan fingerprint density at radius 3 is 2.38 bits per heavy atom. The summed E-state index contributed by atoms with van der Waals surface area (Å²) in [7, 11) is 4.87. The predicted molar refractivity (Wildman–Crippen MR) is 106 cm³/mol. The van der Waals surface area contributed by atoms with Crippen molar-refractivity contribution in [2.45, 2.75) is 52.7 Å². The Balaban J connectivity index is 1.98. The molecule has 0 spiro atoms. The van der Waals surface area contributed by atoms with E-state index in [2.05, 4.69) is 26.8 Å². The van der Waals surface area contributed by atoms with Crippen LogP contribution in [0.5, 0.6) is 0 Å². The number of Topliss-reactive ketones (excluding diaryl/α,β-unsaturated/α-hetero) is 1. The molecule has 2 fully saturated rings. The summed E-state index contributed by atoms with van der Waals surface area (Å²) in [5.74, 6) is 0.745. The number of hydrogen-bond donors (Lipinski definition) is 0. The van der Waals surface area contributed by atoms with E-state index in [1.807, 2.05) is 6.92 Å². The number of fused-ring (bicyclic) bond motifs is 2. The Labute approximate surface area is 172 Å². The molecule has 3 aliphatic carbocycles. The third-order valence-electron chi connectivity index (χ3n) is 8.53. The maximum Gasteiger partial charge on any atom is 0.306 e. The minimum absolute atomic E-state index is 0.00879. The molecule has 29 heavy (non-hydrogen) atoms. The molecule has 0 unspecified atom stereocenters. The predicted octanol–water partition coefficient (Wildman–Crippen LogP) is 3.26. The van der Waals surface area contributed by atoms with E-state index < -0.39 is 16.7 Å². The summed E-state index contributed by atoms with van der Waals surface area (Å²) >= 11 is 0. The fraction of sp³-hybridized carbons (Fsp3) is 0.739. The lowest BCUT2D eigenvalue weighted by Gasteiger charge is -2.66. The standard InChI is InChI=1S/C23H32O6/c1-11-8-15(26-5)21(28-7)23(4)13(11)9-16-22(3)14(10-17(24)29-16)12(2)19(27-6)18(25)20(22)23/h8,11,13-14,16,20-21H,9-10H2,1-7H3/t11-,13+,14+,16-,20+,21+,22-,23+/m1/s1. The zero-order valence-electron chi connectivity index (χ0n) is 18.4. The third-order valence-corrected chi connectivity index (χ3v) is 8.53. The molecule has 0 aromatic carbocycles. The van der Waals surface area contributed by atoms with Gasteiger partial charge in [-0.2, -0.15) is 0 Å². The van der Waals surface area contributed by atoms with Crippen LogP contribution in [0, 0.1) is 34.5 Å². The molecule has 6 nitrogen and oxygen atoms in total. The largest absolute Gasteiger partial charge is 0.499 e. The van der Waals surface area contributed by atoms with E-state index in [0.717, 1.165) is 11.3 Å². The van der Waals surface area contributed by atoms with Crippen LogP contribution < -0.4 is 0 Å². The molecule has 6 heteroatoms. The summed E-state index contributed by atoms with van der Waals surface area (Å²) in [6, 6.07) is 0. The smallest absolute Gasteiger partial charge is 0.306 e. The number of methoxy groups -OCH3 is 3. The number of ether oxygens (including phenoxy) is 4. The van der Waals surface area contributed by atoms with Gasteiger partial charge in [0, 0.05) is 29.8 Å². The first-order chi connectivity index (χ1) is 13.7. The van der Waals surface area contributed by atoms with Crippen LogP contribution in [0.1, 0.15) is 40.5 Å². The van der Waals surface area contributed by atoms with Crippen LogP contribution in [0.15, 0.2) is 23.2 Å². The van der Waals surface area contributed by atoms with Gasteiger partial charge in [0.25, 0.3) is 0 Å². The van der Waals surface area contributed by atoms with E-state index in [1.54, 1.807) is 21.3 Å². The highest BCUT2D eigenvalue weighted by Crippen LogP contribution is 2.68. The van der Waals surface area contributed by atoms with Crippen LogP contribution in [-0.2, 0) is 28.5 Å². The average molecular weight is 405 g/mol. The fourth-order valence-corrected chi connectivity index (χ4v) is 7.37. The van der Waals surface area contributed by atoms with Crippen molar-refractivity contribution in [2.75, 3.05) is 21.3 Å². The number of rotatable bonds is 3. The van der Waals surface area contributed by atoms with Gasteiger partial charge in [-0.3, -0.25) is 9.59 Å². The van der Waals surface area contributed by atoms with E-state index in [1.165, 1.54) is 0 Å². The highest BCUT2D eigenvalue weighted by Gasteiger charge is 2.72. The Kier molecular flexibility index (Phi) is 4.65. The molecule has 1 saturated heterocycles. The second-order valence-electron chi connectivity index (χ2n) is 9.57. The first-order valence-corrected chi connectivity index (χ1v) is 10.4. The molecule has 160 valence electrons. The van der Waals surface area contributed by atoms with Crippen LogP contribution in [0.25, 0.3) is 0 Å². The minimum atomic E-state index is -0.511. The van der Waals surface area contributed by atoms with Crippen molar-refractivity contribution in [3.8, 4) is 0 Å². The first-order valence-electron chi connectivity index (χ1n) is 10.4. The number of esters is 1. The highest BCUT2D eigenvalue weighted by molar-refractivity contribution is 5.99. The molecule has 0 bridgehead atoms. The summed E-state index contributed by atoms with van der Waals surface area (Å²) in [6.45, 7) is 8.34. The quantitative estimate of drug-likeness (QED) is 0.673. The maximum absolute atomic E-state index is 13.9. The summed E-state index contributed by atoms with van der Waals surface area (Å²) in [5, 5.41) is 0. The first kappa shape index (κ1) is 20.5. The van der Waals surface area contributed by atoms with Gasteiger partial charge < -0.3 is 18.9 Å². The van der Waals surface area contributed by atoms with Crippen LogP contribution in [-0.4, -0.2) is 45.3 Å². The van der Waals surface area contributed by atoms with Crippen LogP contribution in [0.3, 0.4) is 0 Å². The molecular formula is C23H32O6. The molecular weight excluding hydrogens is 372 g/mol. The molecule has 0 N–H and O–H groups in total. The lowest BCUT2D eigenvalue weighted by Crippen LogP contribution is -2.70. The van der Waals surface area contributed by atoms with Crippen molar-refractivity contribution in [2.24, 2.45) is 34.5 Å². The van der Waals surface area contributed by atoms with E-state index in [0.29, 0.717) is 12.2 Å². The normalized spacial score (nSPS) is 46.4. The van der Waals surface area contributed by atoms with Crippen LogP contribution in [0.2, 0.25) is 0 Å². The Bertz CT molecular complexity index is 812. The summed E-state index contributed by atoms with van der Waals surface area (Å²) < 4.78 is 23.2. The molecule has 1 saturated carbocycles. The number of hydrogen-bond acceptors (Lipinski definition) is 6. The fourth-order valence-electron chi connectivity index (χ4n) is 7.37. The Morgan fingerprint density at radius 1 is 1.10 bits per heavy atom. The molecule has 0 radical (unpaired) electrons. The molecule has 0 aromatic rings. The molecule has 1 aliphatic heterocycles. The molecule has 4 rings (SSSR count). The summed E-state index contributed by atoms with van der Waals surface area (Å²) in [6.07, 6.45) is 2.43. The van der Waals surface area contributed by atoms with Gasteiger partial charge >= 0.3 is 5.97 Å². The molecule has 0 amide bonds. The van der Waals surface area contributed by atoms with E-state index in [-0.39, 0.29) is 48.1 Å². The highest BCUT2D eigenvalue weighted by atomic mass is 16.5. The zero-order valence-corrected chi connectivity index (χ0v) is 18.4. The van der Waals surface area contributed by atoms with Gasteiger partial charge in [-0.15, -0.1) is 0 Å². The lowest BCUT2D eigenvalue weighted by atomic mass is 9.40. The van der Waals surface area contributed by atoms with E-state index >= 15 is 0 Å². The summed E-state index contributed by atoms with van der Waals surface area (Å²) in [4.78, 5) is 26.4. The Morgan fingerprint density at radius 2 is 1.79 bits per heavy atom. The molecule has 0 aromatic heterocycles. The second-order valence-corrected chi connectivity index (χ2v) is 9.57.